The predicted molar refractivity (Wildman–Crippen MR) is 84.7 cm³/mol. The molecule has 3 rings (SSSR count). The zero-order valence-electron chi connectivity index (χ0n) is 11.9. The van der Waals surface area contributed by atoms with Gasteiger partial charge in [0, 0.05) is 5.39 Å². The molecule has 0 N–H and O–H groups in total. The average molecular weight is 311 g/mol. The van der Waals surface area contributed by atoms with E-state index in [1.54, 1.807) is 30.3 Å². The number of hydrogen-bond acceptors (Lipinski definition) is 3. The molecule has 0 aliphatic heterocycles. The minimum Gasteiger partial charge on any atom is -0.377 e. The molecule has 5 heteroatoms. The first-order chi connectivity index (χ1) is 10.5. The normalized spacial score (nSPS) is 11.5. The standard InChI is InChI=1S/C17H13NO3S/c1-12-6-9-14(10-7-12)22(19,20)21-16-11-8-13-4-2-3-5-15(13)17(16)18/h2-11H,1H3. The van der Waals surface area contributed by atoms with Crippen molar-refractivity contribution in [3.05, 3.63) is 66.2 Å². The monoisotopic (exact) mass is 311 g/mol. The Hall–Kier alpha value is -2.53. The molecule has 4 nitrogen and oxygen atoms in total. The van der Waals surface area contributed by atoms with Crippen molar-refractivity contribution >= 4 is 26.6 Å². The fraction of sp³-hybridized carbons (Fsp3) is 0.0588. The second kappa shape index (κ2) is 5.35. The molecule has 0 atom stereocenters. The van der Waals surface area contributed by atoms with Crippen LogP contribution in [0.25, 0.3) is 10.8 Å². The summed E-state index contributed by atoms with van der Waals surface area (Å²) >= 11 is 0. The molecule has 22 heavy (non-hydrogen) atoms. The summed E-state index contributed by atoms with van der Waals surface area (Å²) in [6, 6.07) is 16.6. The van der Waals surface area contributed by atoms with E-state index < -0.39 is 10.1 Å². The summed E-state index contributed by atoms with van der Waals surface area (Å²) in [6.45, 7) is 1.87. The molecule has 0 amide bonds. The Bertz CT molecular complexity index is 932. The Morgan fingerprint density at radius 2 is 1.59 bits per heavy atom. The molecule has 0 aliphatic carbocycles. The lowest BCUT2D eigenvalue weighted by molar-refractivity contribution is 0.487. The van der Waals surface area contributed by atoms with Gasteiger partial charge in [-0.25, -0.2) is 0 Å². The van der Waals surface area contributed by atoms with Gasteiger partial charge in [0.05, 0.1) is 0 Å². The molecule has 0 spiro atoms. The lowest BCUT2D eigenvalue weighted by Gasteiger charge is -2.10. The summed E-state index contributed by atoms with van der Waals surface area (Å²) in [5.74, 6) is -0.0840. The summed E-state index contributed by atoms with van der Waals surface area (Å²) in [7, 11) is -3.98. The summed E-state index contributed by atoms with van der Waals surface area (Å²) in [5.41, 5.74) is 11.0. The fourth-order valence-electron chi connectivity index (χ4n) is 2.17. The lowest BCUT2D eigenvalue weighted by Crippen LogP contribution is -2.10. The zero-order valence-corrected chi connectivity index (χ0v) is 12.7. The third kappa shape index (κ3) is 2.63. The molecule has 3 aromatic carbocycles. The number of benzene rings is 3. The summed E-state index contributed by atoms with van der Waals surface area (Å²) < 4.78 is 29.6. The molecule has 110 valence electrons. The number of aryl methyl sites for hydroxylation is 1. The molecule has 0 saturated carbocycles. The van der Waals surface area contributed by atoms with Gasteiger partial charge in [0.25, 0.3) is 0 Å². The second-order valence-electron chi connectivity index (χ2n) is 4.98. The van der Waals surface area contributed by atoms with E-state index in [1.165, 1.54) is 18.2 Å². The van der Waals surface area contributed by atoms with Crippen LogP contribution in [0.2, 0.25) is 0 Å². The molecule has 3 aromatic rings. The molecule has 0 fully saturated rings. The van der Waals surface area contributed by atoms with Crippen molar-refractivity contribution in [2.75, 3.05) is 0 Å². The number of rotatable bonds is 3. The van der Waals surface area contributed by atoms with E-state index in [4.69, 9.17) is 4.18 Å². The van der Waals surface area contributed by atoms with Gasteiger partial charge < -0.3 is 4.18 Å². The highest BCUT2D eigenvalue weighted by Gasteiger charge is 2.19. The van der Waals surface area contributed by atoms with Crippen molar-refractivity contribution < 1.29 is 12.6 Å². The van der Waals surface area contributed by atoms with Crippen molar-refractivity contribution in [2.24, 2.45) is 0 Å². The van der Waals surface area contributed by atoms with Gasteiger partial charge in [-0.3, -0.25) is 0 Å². The third-order valence-corrected chi connectivity index (χ3v) is 4.62. The van der Waals surface area contributed by atoms with Crippen LogP contribution in [-0.4, -0.2) is 8.42 Å². The molecule has 2 radical (unpaired) electrons. The highest BCUT2D eigenvalue weighted by atomic mass is 32.2. The van der Waals surface area contributed by atoms with E-state index in [0.29, 0.717) is 5.39 Å². The predicted octanol–water partition coefficient (Wildman–Crippen LogP) is 3.62. The average Bonchev–Trinajstić information content (AvgIpc) is 2.51. The van der Waals surface area contributed by atoms with Gasteiger partial charge in [-0.2, -0.15) is 8.42 Å². The molecule has 0 heterocycles. The van der Waals surface area contributed by atoms with E-state index in [-0.39, 0.29) is 16.3 Å². The quantitative estimate of drug-likeness (QED) is 0.694. The van der Waals surface area contributed by atoms with E-state index >= 15 is 0 Å². The smallest absolute Gasteiger partial charge is 0.339 e. The van der Waals surface area contributed by atoms with E-state index in [1.807, 2.05) is 19.1 Å². The number of hydrogen-bond donors (Lipinski definition) is 0. The van der Waals surface area contributed by atoms with Crippen LogP contribution >= 0.6 is 0 Å². The fourth-order valence-corrected chi connectivity index (χ4v) is 3.11. The van der Waals surface area contributed by atoms with Crippen molar-refractivity contribution in [1.29, 1.82) is 0 Å². The van der Waals surface area contributed by atoms with Gasteiger partial charge in [0.15, 0.2) is 5.75 Å². The highest BCUT2D eigenvalue weighted by molar-refractivity contribution is 7.87. The highest BCUT2D eigenvalue weighted by Crippen LogP contribution is 2.33. The first kappa shape index (κ1) is 14.4. The Morgan fingerprint density at radius 3 is 2.32 bits per heavy atom. The van der Waals surface area contributed by atoms with Gasteiger partial charge >= 0.3 is 10.1 Å². The second-order valence-corrected chi connectivity index (χ2v) is 6.53. The zero-order chi connectivity index (χ0) is 15.7. The Kier molecular flexibility index (Phi) is 3.50. The SMILES string of the molecule is Cc1ccc(S(=O)(=O)Oc2ccc3ccccc3c2[N])cc1. The van der Waals surface area contributed by atoms with E-state index in [2.05, 4.69) is 0 Å². The van der Waals surface area contributed by atoms with Crippen molar-refractivity contribution in [2.45, 2.75) is 11.8 Å². The molecule has 0 aliphatic rings. The first-order valence-corrected chi connectivity index (χ1v) is 8.10. The molecular weight excluding hydrogens is 298 g/mol. The number of nitrogens with zero attached hydrogens (tertiary/aromatic N) is 1. The molecular formula is C17H13NO3S. The minimum absolute atomic E-state index is 0.0469. The summed E-state index contributed by atoms with van der Waals surface area (Å²) in [4.78, 5) is 0.0469. The van der Waals surface area contributed by atoms with E-state index in [9.17, 15) is 14.2 Å². The van der Waals surface area contributed by atoms with Crippen LogP contribution in [0.4, 0.5) is 5.69 Å². The Morgan fingerprint density at radius 1 is 0.909 bits per heavy atom. The van der Waals surface area contributed by atoms with Gasteiger partial charge in [-0.15, -0.1) is 5.73 Å². The maximum absolute atomic E-state index is 12.3. The van der Waals surface area contributed by atoms with Gasteiger partial charge in [0.1, 0.15) is 10.6 Å². The topological polar surface area (TPSA) is 65.7 Å². The van der Waals surface area contributed by atoms with Crippen LogP contribution < -0.4 is 9.92 Å². The van der Waals surface area contributed by atoms with Gasteiger partial charge in [0.2, 0.25) is 0 Å². The summed E-state index contributed by atoms with van der Waals surface area (Å²) in [6.07, 6.45) is 0. The lowest BCUT2D eigenvalue weighted by atomic mass is 10.1. The molecule has 0 aromatic heterocycles. The van der Waals surface area contributed by atoms with Crippen molar-refractivity contribution in [1.82, 2.24) is 5.73 Å². The van der Waals surface area contributed by atoms with Crippen LogP contribution in [0.1, 0.15) is 5.56 Å². The third-order valence-electron chi connectivity index (χ3n) is 3.37. The van der Waals surface area contributed by atoms with Crippen LogP contribution in [0.3, 0.4) is 0 Å². The number of fused-ring (bicyclic) bond motifs is 1. The Labute approximate surface area is 129 Å². The largest absolute Gasteiger partial charge is 0.377 e. The van der Waals surface area contributed by atoms with Crippen molar-refractivity contribution in [3.63, 3.8) is 0 Å². The van der Waals surface area contributed by atoms with Crippen LogP contribution in [0.5, 0.6) is 5.75 Å². The molecule has 0 unspecified atom stereocenters. The van der Waals surface area contributed by atoms with Gasteiger partial charge in [-0.05, 0) is 30.5 Å². The maximum atomic E-state index is 12.3. The minimum atomic E-state index is -3.98. The molecule has 0 saturated heterocycles. The maximum Gasteiger partial charge on any atom is 0.339 e. The van der Waals surface area contributed by atoms with E-state index in [0.717, 1.165) is 10.9 Å². The first-order valence-electron chi connectivity index (χ1n) is 6.69. The van der Waals surface area contributed by atoms with Crippen molar-refractivity contribution in [3.8, 4) is 5.75 Å². The summed E-state index contributed by atoms with van der Waals surface area (Å²) in [5, 5.41) is 1.35. The van der Waals surface area contributed by atoms with Crippen LogP contribution in [-0.2, 0) is 10.1 Å². The van der Waals surface area contributed by atoms with Crippen LogP contribution in [0, 0.1) is 6.92 Å². The molecule has 0 bridgehead atoms. The van der Waals surface area contributed by atoms with Crippen LogP contribution in [0.15, 0.2) is 65.6 Å². The Balaban J connectivity index is 2.02. The van der Waals surface area contributed by atoms with Gasteiger partial charge in [-0.1, -0.05) is 48.0 Å².